The van der Waals surface area contributed by atoms with Gasteiger partial charge in [0.15, 0.2) is 5.75 Å². The maximum Gasteiger partial charge on any atom is 0.336 e. The molecule has 0 radical (unpaired) electrons. The second-order valence-corrected chi connectivity index (χ2v) is 6.35. The zero-order valence-corrected chi connectivity index (χ0v) is 13.6. The molecule has 2 rings (SSSR count). The van der Waals surface area contributed by atoms with Crippen molar-refractivity contribution in [2.75, 3.05) is 7.11 Å². The number of halogens is 1. The molecule has 5 nitrogen and oxygen atoms in total. The lowest BCUT2D eigenvalue weighted by Crippen LogP contribution is -2.25. The standard InChI is InChI=1S/C16H17ClO5/c1-16(2,3)15(19)22-13-7-12-10(6-11(13)17)9(8-20-4)5-14(18)21-12/h5-7H,8H2,1-4H3. The van der Waals surface area contributed by atoms with Gasteiger partial charge in [-0.25, -0.2) is 4.79 Å². The van der Waals surface area contributed by atoms with Crippen molar-refractivity contribution in [1.29, 1.82) is 0 Å². The number of fused-ring (bicyclic) bond motifs is 1. The highest BCUT2D eigenvalue weighted by molar-refractivity contribution is 6.33. The molecule has 6 heteroatoms. The molecule has 1 aromatic heterocycles. The predicted molar refractivity (Wildman–Crippen MR) is 83.3 cm³/mol. The summed E-state index contributed by atoms with van der Waals surface area (Å²) in [5, 5.41) is 0.901. The van der Waals surface area contributed by atoms with Crippen LogP contribution in [0.25, 0.3) is 11.0 Å². The first-order chi connectivity index (χ1) is 10.2. The smallest absolute Gasteiger partial charge is 0.336 e. The van der Waals surface area contributed by atoms with E-state index in [1.54, 1.807) is 26.8 Å². The Kier molecular flexibility index (Phi) is 4.58. The van der Waals surface area contributed by atoms with Crippen LogP contribution >= 0.6 is 11.6 Å². The molecule has 0 spiro atoms. The molecule has 0 saturated heterocycles. The van der Waals surface area contributed by atoms with Gasteiger partial charge in [0.2, 0.25) is 0 Å². The van der Waals surface area contributed by atoms with E-state index in [0.29, 0.717) is 16.5 Å². The van der Waals surface area contributed by atoms with E-state index in [0.717, 1.165) is 0 Å². The first kappa shape index (κ1) is 16.5. The van der Waals surface area contributed by atoms with Crippen LogP contribution in [0, 0.1) is 5.41 Å². The van der Waals surface area contributed by atoms with Gasteiger partial charge in [-0.3, -0.25) is 4.79 Å². The fourth-order valence-electron chi connectivity index (χ4n) is 1.83. The molecule has 0 amide bonds. The number of hydrogen-bond donors (Lipinski definition) is 0. The molecular weight excluding hydrogens is 308 g/mol. The molecule has 0 aliphatic rings. The quantitative estimate of drug-likeness (QED) is 0.491. The Morgan fingerprint density at radius 1 is 1.27 bits per heavy atom. The summed E-state index contributed by atoms with van der Waals surface area (Å²) in [7, 11) is 1.53. The minimum Gasteiger partial charge on any atom is -0.424 e. The van der Waals surface area contributed by atoms with Crippen molar-refractivity contribution in [3.05, 3.63) is 39.2 Å². The molecule has 0 N–H and O–H groups in total. The van der Waals surface area contributed by atoms with Crippen molar-refractivity contribution in [2.24, 2.45) is 5.41 Å². The van der Waals surface area contributed by atoms with Gasteiger partial charge in [0.1, 0.15) is 5.58 Å². The van der Waals surface area contributed by atoms with E-state index in [4.69, 9.17) is 25.5 Å². The number of carbonyl (C=O) groups excluding carboxylic acids is 1. The summed E-state index contributed by atoms with van der Waals surface area (Å²) >= 11 is 6.17. The minimum atomic E-state index is -0.670. The largest absolute Gasteiger partial charge is 0.424 e. The van der Waals surface area contributed by atoms with Crippen LogP contribution in [0.1, 0.15) is 26.3 Å². The summed E-state index contributed by atoms with van der Waals surface area (Å²) < 4.78 is 15.5. The minimum absolute atomic E-state index is 0.159. The Morgan fingerprint density at radius 3 is 2.55 bits per heavy atom. The molecule has 118 valence electrons. The first-order valence-electron chi connectivity index (χ1n) is 6.70. The van der Waals surface area contributed by atoms with Gasteiger partial charge in [0.25, 0.3) is 0 Å². The molecule has 0 fully saturated rings. The molecular formula is C16H17ClO5. The second kappa shape index (κ2) is 6.10. The van der Waals surface area contributed by atoms with E-state index in [-0.39, 0.29) is 17.4 Å². The van der Waals surface area contributed by atoms with E-state index >= 15 is 0 Å². The van der Waals surface area contributed by atoms with Crippen LogP contribution in [-0.4, -0.2) is 13.1 Å². The fraction of sp³-hybridized carbons (Fsp3) is 0.375. The molecule has 1 heterocycles. The molecule has 22 heavy (non-hydrogen) atoms. The van der Waals surface area contributed by atoms with Gasteiger partial charge in [-0.2, -0.15) is 0 Å². The predicted octanol–water partition coefficient (Wildman–Crippen LogP) is 3.54. The Morgan fingerprint density at radius 2 is 1.95 bits per heavy atom. The van der Waals surface area contributed by atoms with Gasteiger partial charge in [-0.15, -0.1) is 0 Å². The number of esters is 1. The highest BCUT2D eigenvalue weighted by Gasteiger charge is 2.25. The van der Waals surface area contributed by atoms with Crippen LogP contribution in [0.5, 0.6) is 5.75 Å². The highest BCUT2D eigenvalue weighted by Crippen LogP contribution is 2.32. The summed E-state index contributed by atoms with van der Waals surface area (Å²) in [4.78, 5) is 23.6. The topological polar surface area (TPSA) is 65.7 Å². The third kappa shape index (κ3) is 3.48. The molecule has 0 bridgehead atoms. The van der Waals surface area contributed by atoms with Gasteiger partial charge in [0, 0.05) is 24.6 Å². The van der Waals surface area contributed by atoms with Crippen LogP contribution in [-0.2, 0) is 16.1 Å². The van der Waals surface area contributed by atoms with Gasteiger partial charge in [-0.1, -0.05) is 11.6 Å². The Bertz CT molecular complexity index is 770. The van der Waals surface area contributed by atoms with Crippen LogP contribution in [0.3, 0.4) is 0 Å². The maximum atomic E-state index is 12.0. The summed E-state index contributed by atoms with van der Waals surface area (Å²) in [6, 6.07) is 4.39. The van der Waals surface area contributed by atoms with E-state index in [1.807, 2.05) is 0 Å². The summed E-state index contributed by atoms with van der Waals surface area (Å²) in [5.74, 6) is -0.268. The molecule has 0 aliphatic carbocycles. The number of methoxy groups -OCH3 is 1. The lowest BCUT2D eigenvalue weighted by atomic mass is 9.97. The SMILES string of the molecule is COCc1cc(=O)oc2cc(OC(=O)C(C)(C)C)c(Cl)cc12. The fourth-order valence-corrected chi connectivity index (χ4v) is 2.04. The Balaban J connectivity index is 2.53. The zero-order valence-electron chi connectivity index (χ0n) is 12.9. The molecule has 2 aromatic rings. The third-order valence-electron chi connectivity index (χ3n) is 3.00. The number of rotatable bonds is 3. The zero-order chi connectivity index (χ0) is 16.5. The molecule has 0 unspecified atom stereocenters. The maximum absolute atomic E-state index is 12.0. The van der Waals surface area contributed by atoms with Gasteiger partial charge in [0.05, 0.1) is 17.0 Å². The highest BCUT2D eigenvalue weighted by atomic mass is 35.5. The van der Waals surface area contributed by atoms with Gasteiger partial charge >= 0.3 is 11.6 Å². The van der Waals surface area contributed by atoms with Gasteiger partial charge < -0.3 is 13.9 Å². The van der Waals surface area contributed by atoms with Crippen molar-refractivity contribution in [1.82, 2.24) is 0 Å². The number of carbonyl (C=O) groups is 1. The van der Waals surface area contributed by atoms with E-state index in [2.05, 4.69) is 0 Å². The third-order valence-corrected chi connectivity index (χ3v) is 3.29. The molecule has 0 saturated carbocycles. The summed E-state index contributed by atoms with van der Waals surface area (Å²) in [6.07, 6.45) is 0. The lowest BCUT2D eigenvalue weighted by molar-refractivity contribution is -0.142. The molecule has 0 atom stereocenters. The van der Waals surface area contributed by atoms with Crippen molar-refractivity contribution in [2.45, 2.75) is 27.4 Å². The normalized spacial score (nSPS) is 11.7. The monoisotopic (exact) mass is 324 g/mol. The number of ether oxygens (including phenoxy) is 2. The van der Waals surface area contributed by atoms with Crippen LogP contribution in [0.4, 0.5) is 0 Å². The van der Waals surface area contributed by atoms with Crippen LogP contribution < -0.4 is 10.4 Å². The second-order valence-electron chi connectivity index (χ2n) is 5.94. The van der Waals surface area contributed by atoms with Crippen molar-refractivity contribution in [3.63, 3.8) is 0 Å². The van der Waals surface area contributed by atoms with E-state index in [1.165, 1.54) is 19.2 Å². The summed E-state index contributed by atoms with van der Waals surface area (Å²) in [5.41, 5.74) is -0.225. The first-order valence-corrected chi connectivity index (χ1v) is 7.07. The van der Waals surface area contributed by atoms with Crippen LogP contribution in [0.2, 0.25) is 5.02 Å². The number of hydrogen-bond acceptors (Lipinski definition) is 5. The average molecular weight is 325 g/mol. The Labute approximate surface area is 132 Å². The molecule has 0 aliphatic heterocycles. The van der Waals surface area contributed by atoms with Crippen molar-refractivity contribution in [3.8, 4) is 5.75 Å². The van der Waals surface area contributed by atoms with Crippen LogP contribution in [0.15, 0.2) is 27.4 Å². The summed E-state index contributed by atoms with van der Waals surface area (Å²) in [6.45, 7) is 5.46. The van der Waals surface area contributed by atoms with Crippen molar-refractivity contribution >= 4 is 28.5 Å². The average Bonchev–Trinajstić information content (AvgIpc) is 2.39. The van der Waals surface area contributed by atoms with Gasteiger partial charge in [-0.05, 0) is 32.4 Å². The van der Waals surface area contributed by atoms with E-state index in [9.17, 15) is 9.59 Å². The van der Waals surface area contributed by atoms with E-state index < -0.39 is 17.0 Å². The molecule has 1 aromatic carbocycles. The Hall–Kier alpha value is -1.85. The number of benzene rings is 1. The lowest BCUT2D eigenvalue weighted by Gasteiger charge is -2.17. The van der Waals surface area contributed by atoms with Crippen molar-refractivity contribution < 1.29 is 18.7 Å².